The highest BCUT2D eigenvalue weighted by molar-refractivity contribution is 8.15. The monoisotopic (exact) mass is 409 g/mol. The zero-order valence-electron chi connectivity index (χ0n) is 17.3. The average Bonchev–Trinajstić information content (AvgIpc) is 2.94. The molecule has 6 heteroatoms. The van der Waals surface area contributed by atoms with E-state index in [0.717, 1.165) is 22.5 Å². The van der Waals surface area contributed by atoms with E-state index in [1.54, 1.807) is 4.90 Å². The number of nitrogens with zero attached hydrogens (tertiary/aromatic N) is 2. The van der Waals surface area contributed by atoms with Crippen molar-refractivity contribution in [2.75, 3.05) is 11.9 Å². The van der Waals surface area contributed by atoms with E-state index in [0.29, 0.717) is 17.6 Å². The van der Waals surface area contributed by atoms with E-state index in [2.05, 4.69) is 19.2 Å². The quantitative estimate of drug-likeness (QED) is 0.737. The minimum Gasteiger partial charge on any atom is -0.326 e. The van der Waals surface area contributed by atoms with E-state index in [1.807, 2.05) is 62.4 Å². The molecule has 2 amide bonds. The number of carbonyl (C=O) groups excluding carboxylic acids is 2. The summed E-state index contributed by atoms with van der Waals surface area (Å²) < 4.78 is 0. The predicted molar refractivity (Wildman–Crippen MR) is 121 cm³/mol. The van der Waals surface area contributed by atoms with Gasteiger partial charge in [0.15, 0.2) is 5.17 Å². The Kier molecular flexibility index (Phi) is 6.75. The third-order valence-electron chi connectivity index (χ3n) is 4.69. The van der Waals surface area contributed by atoms with Gasteiger partial charge in [-0.05, 0) is 43.0 Å². The molecule has 29 heavy (non-hydrogen) atoms. The molecule has 0 spiro atoms. The van der Waals surface area contributed by atoms with E-state index in [4.69, 9.17) is 4.99 Å². The maximum absolute atomic E-state index is 13.0. The summed E-state index contributed by atoms with van der Waals surface area (Å²) in [7, 11) is 0. The molecule has 1 saturated heterocycles. The largest absolute Gasteiger partial charge is 0.326 e. The van der Waals surface area contributed by atoms with Gasteiger partial charge >= 0.3 is 0 Å². The van der Waals surface area contributed by atoms with E-state index in [1.165, 1.54) is 11.8 Å². The standard InChI is InChI=1S/C23H27N3O2S/c1-15(2)14-26-22(28)20(13-21(27)24-18-11-7-5-9-16(18)3)29-23(26)25-19-12-8-6-10-17(19)4/h5-12,15,20H,13-14H2,1-4H3,(H,24,27)/t20-/m0/s1. The molecule has 2 aromatic rings. The van der Waals surface area contributed by atoms with Crippen molar-refractivity contribution in [2.45, 2.75) is 39.4 Å². The number of rotatable bonds is 6. The summed E-state index contributed by atoms with van der Waals surface area (Å²) in [5.74, 6) is 0.101. The van der Waals surface area contributed by atoms with Crippen LogP contribution < -0.4 is 5.32 Å². The number of aryl methyl sites for hydroxylation is 2. The number of amides is 2. The smallest absolute Gasteiger partial charge is 0.242 e. The molecule has 2 aromatic carbocycles. The van der Waals surface area contributed by atoms with Crippen LogP contribution in [0.15, 0.2) is 53.5 Å². The van der Waals surface area contributed by atoms with Crippen molar-refractivity contribution in [3.05, 3.63) is 59.7 Å². The lowest BCUT2D eigenvalue weighted by molar-refractivity contribution is -0.128. The molecule has 1 N–H and O–H groups in total. The van der Waals surface area contributed by atoms with Crippen molar-refractivity contribution < 1.29 is 9.59 Å². The first-order valence-corrected chi connectivity index (χ1v) is 10.7. The second-order valence-electron chi connectivity index (χ2n) is 7.70. The SMILES string of the molecule is Cc1ccccc1N=C1S[C@@H](CC(=O)Nc2ccccc2C)C(=O)N1CC(C)C. The number of para-hydroxylation sites is 2. The lowest BCUT2D eigenvalue weighted by atomic mass is 10.1. The van der Waals surface area contributed by atoms with Gasteiger partial charge in [-0.3, -0.25) is 14.5 Å². The summed E-state index contributed by atoms with van der Waals surface area (Å²) in [6, 6.07) is 15.5. The molecule has 0 bridgehead atoms. The van der Waals surface area contributed by atoms with Gasteiger partial charge in [0.1, 0.15) is 5.25 Å². The van der Waals surface area contributed by atoms with Gasteiger partial charge in [-0.1, -0.05) is 62.0 Å². The Hall–Kier alpha value is -2.60. The fourth-order valence-corrected chi connectivity index (χ4v) is 4.29. The molecular formula is C23H27N3O2S. The van der Waals surface area contributed by atoms with E-state index in [-0.39, 0.29) is 18.2 Å². The van der Waals surface area contributed by atoms with Crippen molar-refractivity contribution >= 4 is 40.1 Å². The van der Waals surface area contributed by atoms with Crippen molar-refractivity contribution in [3.63, 3.8) is 0 Å². The Morgan fingerprint density at radius 3 is 2.41 bits per heavy atom. The normalized spacial score (nSPS) is 18.0. The summed E-state index contributed by atoms with van der Waals surface area (Å²) in [4.78, 5) is 32.1. The van der Waals surface area contributed by atoms with Crippen LogP contribution in [0, 0.1) is 19.8 Å². The van der Waals surface area contributed by atoms with Gasteiger partial charge in [0.05, 0.1) is 5.69 Å². The molecule has 1 fully saturated rings. The molecular weight excluding hydrogens is 382 g/mol. The number of hydrogen-bond acceptors (Lipinski definition) is 4. The summed E-state index contributed by atoms with van der Waals surface area (Å²) in [5.41, 5.74) is 3.68. The van der Waals surface area contributed by atoms with E-state index < -0.39 is 5.25 Å². The highest BCUT2D eigenvalue weighted by Crippen LogP contribution is 2.33. The van der Waals surface area contributed by atoms with Gasteiger partial charge in [0.25, 0.3) is 0 Å². The van der Waals surface area contributed by atoms with Crippen molar-refractivity contribution in [1.82, 2.24) is 4.90 Å². The van der Waals surface area contributed by atoms with Crippen molar-refractivity contribution in [1.29, 1.82) is 0 Å². The molecule has 3 rings (SSSR count). The third-order valence-corrected chi connectivity index (χ3v) is 5.86. The van der Waals surface area contributed by atoms with Gasteiger partial charge in [-0.25, -0.2) is 4.99 Å². The molecule has 1 atom stereocenters. The average molecular weight is 410 g/mol. The molecule has 0 saturated carbocycles. The highest BCUT2D eigenvalue weighted by atomic mass is 32.2. The summed E-state index contributed by atoms with van der Waals surface area (Å²) >= 11 is 1.38. The zero-order valence-corrected chi connectivity index (χ0v) is 18.1. The molecule has 152 valence electrons. The summed E-state index contributed by atoms with van der Waals surface area (Å²) in [5, 5.41) is 3.14. The van der Waals surface area contributed by atoms with Crippen LogP contribution >= 0.6 is 11.8 Å². The number of hydrogen-bond donors (Lipinski definition) is 1. The van der Waals surface area contributed by atoms with E-state index >= 15 is 0 Å². The number of thioether (sulfide) groups is 1. The van der Waals surface area contributed by atoms with Gasteiger partial charge in [-0.2, -0.15) is 0 Å². The fourth-order valence-electron chi connectivity index (χ4n) is 3.13. The molecule has 0 radical (unpaired) electrons. The first kappa shape index (κ1) is 21.1. The van der Waals surface area contributed by atoms with Crippen LogP contribution in [0.25, 0.3) is 0 Å². The number of carbonyl (C=O) groups is 2. The second kappa shape index (κ2) is 9.27. The van der Waals surface area contributed by atoms with E-state index in [9.17, 15) is 9.59 Å². The van der Waals surface area contributed by atoms with Crippen LogP contribution in [0.5, 0.6) is 0 Å². The Bertz CT molecular complexity index is 939. The molecule has 1 aliphatic heterocycles. The number of anilines is 1. The summed E-state index contributed by atoms with van der Waals surface area (Å²) in [6.07, 6.45) is 0.124. The fraction of sp³-hybridized carbons (Fsp3) is 0.348. The van der Waals surface area contributed by atoms with Crippen LogP contribution in [0.3, 0.4) is 0 Å². The van der Waals surface area contributed by atoms with Gasteiger partial charge in [0.2, 0.25) is 11.8 Å². The van der Waals surface area contributed by atoms with Gasteiger partial charge in [0, 0.05) is 18.7 Å². The van der Waals surface area contributed by atoms with Crippen LogP contribution in [-0.4, -0.2) is 33.7 Å². The molecule has 5 nitrogen and oxygen atoms in total. The lowest BCUT2D eigenvalue weighted by Gasteiger charge is -2.19. The topological polar surface area (TPSA) is 61.8 Å². The number of nitrogens with one attached hydrogen (secondary N) is 1. The number of aliphatic imine (C=N–C) groups is 1. The minimum atomic E-state index is -0.458. The molecule has 0 aromatic heterocycles. The number of benzene rings is 2. The Balaban J connectivity index is 1.78. The Morgan fingerprint density at radius 1 is 1.10 bits per heavy atom. The summed E-state index contributed by atoms with van der Waals surface area (Å²) in [6.45, 7) is 8.68. The lowest BCUT2D eigenvalue weighted by Crippen LogP contribution is -2.36. The third kappa shape index (κ3) is 5.26. The highest BCUT2D eigenvalue weighted by Gasteiger charge is 2.39. The van der Waals surface area contributed by atoms with Crippen LogP contribution in [0.4, 0.5) is 11.4 Å². The van der Waals surface area contributed by atoms with Gasteiger partial charge in [-0.15, -0.1) is 0 Å². The van der Waals surface area contributed by atoms with Crippen LogP contribution in [0.2, 0.25) is 0 Å². The molecule has 1 heterocycles. The minimum absolute atomic E-state index is 0.0454. The maximum Gasteiger partial charge on any atom is 0.242 e. The van der Waals surface area contributed by atoms with Crippen molar-refractivity contribution in [3.8, 4) is 0 Å². The molecule has 1 aliphatic rings. The Labute approximate surface area is 176 Å². The Morgan fingerprint density at radius 2 is 1.76 bits per heavy atom. The zero-order chi connectivity index (χ0) is 21.0. The molecule has 0 aliphatic carbocycles. The first-order chi connectivity index (χ1) is 13.8. The number of amidine groups is 1. The van der Waals surface area contributed by atoms with Crippen molar-refractivity contribution in [2.24, 2.45) is 10.9 Å². The molecule has 0 unspecified atom stereocenters. The first-order valence-electron chi connectivity index (χ1n) is 9.83. The maximum atomic E-state index is 13.0. The van der Waals surface area contributed by atoms with Gasteiger partial charge < -0.3 is 5.32 Å². The van der Waals surface area contributed by atoms with Crippen LogP contribution in [0.1, 0.15) is 31.4 Å². The van der Waals surface area contributed by atoms with Crippen LogP contribution in [-0.2, 0) is 9.59 Å². The predicted octanol–water partition coefficient (Wildman–Crippen LogP) is 4.92. The second-order valence-corrected chi connectivity index (χ2v) is 8.87.